The molecule has 0 atom stereocenters. The van der Waals surface area contributed by atoms with Crippen LogP contribution in [0.25, 0.3) is 49.7 Å². The summed E-state index contributed by atoms with van der Waals surface area (Å²) in [5.74, 6) is -0.748. The lowest BCUT2D eigenvalue weighted by Gasteiger charge is -2.20. The topological polar surface area (TPSA) is 66.1 Å². The molecule has 0 saturated carbocycles. The van der Waals surface area contributed by atoms with Gasteiger partial charge in [0.2, 0.25) is 0 Å². The highest BCUT2D eigenvalue weighted by Crippen LogP contribution is 2.42. The van der Waals surface area contributed by atoms with Gasteiger partial charge in [-0.25, -0.2) is 4.90 Å². The van der Waals surface area contributed by atoms with Crippen LogP contribution in [0, 0.1) is 11.3 Å². The smallest absolute Gasteiger partial charge is 0.268 e. The summed E-state index contributed by atoms with van der Waals surface area (Å²) in [7, 11) is 0. The van der Waals surface area contributed by atoms with Gasteiger partial charge in [-0.1, -0.05) is 97.1 Å². The van der Waals surface area contributed by atoms with Crippen LogP contribution in [0.2, 0.25) is 0 Å². The van der Waals surface area contributed by atoms with Gasteiger partial charge in [-0.05, 0) is 59.2 Å². The van der Waals surface area contributed by atoms with E-state index >= 15 is 0 Å². The standard InChI is InChI=1S/C39H23N3O2/c40-24-28-15-9-19-34-36(28)29-16-7-8-18-32(29)41(34)35-20-10-17-30-37(35)39(44)42(38(30)43)33-22-21-27(25-11-3-1-4-12-25)23-31(33)26-13-5-2-6-14-26/h1-23H. The van der Waals surface area contributed by atoms with Gasteiger partial charge in [0, 0.05) is 16.3 Å². The molecular weight excluding hydrogens is 542 g/mol. The van der Waals surface area contributed by atoms with Gasteiger partial charge in [-0.15, -0.1) is 0 Å². The molecule has 5 heteroatoms. The van der Waals surface area contributed by atoms with E-state index < -0.39 is 0 Å². The molecule has 206 valence electrons. The van der Waals surface area contributed by atoms with E-state index in [1.54, 1.807) is 12.1 Å². The van der Waals surface area contributed by atoms with E-state index in [4.69, 9.17) is 0 Å². The highest BCUT2D eigenvalue weighted by molar-refractivity contribution is 6.36. The third-order valence-corrected chi connectivity index (χ3v) is 8.38. The van der Waals surface area contributed by atoms with Crippen LogP contribution in [0.5, 0.6) is 0 Å². The molecule has 2 amide bonds. The molecule has 1 aliphatic heterocycles. The van der Waals surface area contributed by atoms with Crippen molar-refractivity contribution in [2.75, 3.05) is 4.90 Å². The lowest BCUT2D eigenvalue weighted by atomic mass is 9.97. The summed E-state index contributed by atoms with van der Waals surface area (Å²) < 4.78 is 2.00. The third-order valence-electron chi connectivity index (χ3n) is 8.38. The van der Waals surface area contributed by atoms with Crippen molar-refractivity contribution in [2.24, 2.45) is 0 Å². The van der Waals surface area contributed by atoms with Gasteiger partial charge in [0.05, 0.1) is 45.2 Å². The molecule has 0 aliphatic carbocycles. The van der Waals surface area contributed by atoms with E-state index in [2.05, 4.69) is 6.07 Å². The average Bonchev–Trinajstić information content (AvgIpc) is 3.56. The summed E-state index contributed by atoms with van der Waals surface area (Å²) in [4.78, 5) is 30.0. The molecule has 7 aromatic rings. The number of carbonyl (C=O) groups is 2. The maximum Gasteiger partial charge on any atom is 0.268 e. The summed E-state index contributed by atoms with van der Waals surface area (Å²) in [5, 5.41) is 11.6. The zero-order valence-electron chi connectivity index (χ0n) is 23.4. The van der Waals surface area contributed by atoms with E-state index in [-0.39, 0.29) is 11.8 Å². The number of nitriles is 1. The van der Waals surface area contributed by atoms with Crippen LogP contribution in [-0.2, 0) is 0 Å². The SMILES string of the molecule is N#Cc1cccc2c1c1ccccc1n2-c1cccc2c1C(=O)N(c1ccc(-c3ccccc3)cc1-c1ccccc1)C2=O. The Morgan fingerprint density at radius 3 is 1.98 bits per heavy atom. The van der Waals surface area contributed by atoms with Crippen LogP contribution in [0.3, 0.4) is 0 Å². The molecule has 0 unspecified atom stereocenters. The van der Waals surface area contributed by atoms with Crippen molar-refractivity contribution in [3.8, 4) is 34.0 Å². The Morgan fingerprint density at radius 1 is 0.523 bits per heavy atom. The lowest BCUT2D eigenvalue weighted by molar-refractivity contribution is 0.0926. The summed E-state index contributed by atoms with van der Waals surface area (Å²) >= 11 is 0. The van der Waals surface area contributed by atoms with Crippen molar-refractivity contribution in [1.82, 2.24) is 4.57 Å². The van der Waals surface area contributed by atoms with Gasteiger partial charge in [0.1, 0.15) is 0 Å². The first-order valence-corrected chi connectivity index (χ1v) is 14.3. The van der Waals surface area contributed by atoms with Crippen LogP contribution in [0.15, 0.2) is 140 Å². The van der Waals surface area contributed by atoms with Crippen molar-refractivity contribution in [3.63, 3.8) is 0 Å². The summed E-state index contributed by atoms with van der Waals surface area (Å²) in [6.07, 6.45) is 0. The number of hydrogen-bond acceptors (Lipinski definition) is 3. The first-order chi connectivity index (χ1) is 21.7. The second kappa shape index (κ2) is 9.94. The van der Waals surface area contributed by atoms with Crippen molar-refractivity contribution in [3.05, 3.63) is 156 Å². The number of carbonyl (C=O) groups excluding carboxylic acids is 2. The summed E-state index contributed by atoms with van der Waals surface area (Å²) in [6, 6.07) is 46.9. The average molecular weight is 566 g/mol. The molecule has 2 heterocycles. The van der Waals surface area contributed by atoms with E-state index in [1.807, 2.05) is 132 Å². The number of para-hydroxylation sites is 1. The minimum Gasteiger partial charge on any atom is -0.308 e. The number of fused-ring (bicyclic) bond motifs is 4. The lowest BCUT2D eigenvalue weighted by Crippen LogP contribution is -2.30. The maximum absolute atomic E-state index is 14.5. The van der Waals surface area contributed by atoms with E-state index in [9.17, 15) is 14.9 Å². The Morgan fingerprint density at radius 2 is 1.20 bits per heavy atom. The van der Waals surface area contributed by atoms with Crippen LogP contribution in [0.4, 0.5) is 5.69 Å². The quantitative estimate of drug-likeness (QED) is 0.200. The van der Waals surface area contributed by atoms with Crippen LogP contribution >= 0.6 is 0 Å². The minimum absolute atomic E-state index is 0.341. The minimum atomic E-state index is -0.382. The Bertz CT molecular complexity index is 2330. The largest absolute Gasteiger partial charge is 0.308 e. The fraction of sp³-hybridized carbons (Fsp3) is 0. The van der Waals surface area contributed by atoms with Gasteiger partial charge >= 0.3 is 0 Å². The molecule has 0 N–H and O–H groups in total. The normalized spacial score (nSPS) is 12.6. The van der Waals surface area contributed by atoms with Crippen molar-refractivity contribution in [2.45, 2.75) is 0 Å². The van der Waals surface area contributed by atoms with Gasteiger partial charge in [-0.3, -0.25) is 9.59 Å². The Labute approximate surface area is 253 Å². The molecule has 0 fully saturated rings. The number of anilines is 1. The fourth-order valence-electron chi connectivity index (χ4n) is 6.43. The van der Waals surface area contributed by atoms with E-state index in [1.165, 1.54) is 4.90 Å². The molecule has 8 rings (SSSR count). The second-order valence-corrected chi connectivity index (χ2v) is 10.8. The first kappa shape index (κ1) is 25.5. The summed E-state index contributed by atoms with van der Waals surface area (Å²) in [5.41, 5.74) is 7.77. The Balaban J connectivity index is 1.34. The molecule has 0 saturated heterocycles. The zero-order valence-corrected chi connectivity index (χ0v) is 23.4. The molecule has 6 aromatic carbocycles. The van der Waals surface area contributed by atoms with Gasteiger partial charge < -0.3 is 4.57 Å². The van der Waals surface area contributed by atoms with Crippen molar-refractivity contribution < 1.29 is 9.59 Å². The highest BCUT2D eigenvalue weighted by Gasteiger charge is 2.40. The number of aromatic nitrogens is 1. The van der Waals surface area contributed by atoms with E-state index in [0.29, 0.717) is 28.1 Å². The number of nitrogens with zero attached hydrogens (tertiary/aromatic N) is 3. The highest BCUT2D eigenvalue weighted by atomic mass is 16.2. The number of rotatable bonds is 4. The first-order valence-electron chi connectivity index (χ1n) is 14.3. The van der Waals surface area contributed by atoms with Crippen LogP contribution in [-0.4, -0.2) is 16.4 Å². The third kappa shape index (κ3) is 3.72. The predicted molar refractivity (Wildman–Crippen MR) is 174 cm³/mol. The molecule has 1 aliphatic rings. The van der Waals surface area contributed by atoms with Gasteiger partial charge in [0.25, 0.3) is 11.8 Å². The molecule has 44 heavy (non-hydrogen) atoms. The fourth-order valence-corrected chi connectivity index (χ4v) is 6.43. The molecule has 0 bridgehead atoms. The Hall–Kier alpha value is -6.25. The Kier molecular flexibility index (Phi) is 5.75. The monoisotopic (exact) mass is 565 g/mol. The van der Waals surface area contributed by atoms with Gasteiger partial charge in [0.15, 0.2) is 0 Å². The second-order valence-electron chi connectivity index (χ2n) is 10.8. The number of hydrogen-bond donors (Lipinski definition) is 0. The van der Waals surface area contributed by atoms with Gasteiger partial charge in [-0.2, -0.15) is 5.26 Å². The van der Waals surface area contributed by atoms with E-state index in [0.717, 1.165) is 44.1 Å². The summed E-state index contributed by atoms with van der Waals surface area (Å²) in [6.45, 7) is 0. The molecule has 5 nitrogen and oxygen atoms in total. The predicted octanol–water partition coefficient (Wildman–Crippen LogP) is 8.79. The van der Waals surface area contributed by atoms with Crippen molar-refractivity contribution in [1.29, 1.82) is 5.26 Å². The zero-order chi connectivity index (χ0) is 29.8. The van der Waals surface area contributed by atoms with Crippen molar-refractivity contribution >= 4 is 39.3 Å². The number of benzene rings is 6. The maximum atomic E-state index is 14.5. The number of amides is 2. The van der Waals surface area contributed by atoms with Crippen LogP contribution in [0.1, 0.15) is 26.3 Å². The van der Waals surface area contributed by atoms with Crippen LogP contribution < -0.4 is 4.90 Å². The molecule has 0 spiro atoms. The number of imide groups is 1. The molecule has 0 radical (unpaired) electrons. The molecular formula is C39H23N3O2. The molecule has 1 aromatic heterocycles.